The Kier molecular flexibility index (Phi) is 4.45. The topological polar surface area (TPSA) is 84.7 Å². The summed E-state index contributed by atoms with van der Waals surface area (Å²) in [5.41, 5.74) is 5.79. The van der Waals surface area contributed by atoms with Gasteiger partial charge in [0, 0.05) is 18.5 Å². The van der Waals surface area contributed by atoms with Gasteiger partial charge in [0.15, 0.2) is 0 Å². The Hall–Kier alpha value is -1.14. The average Bonchev–Trinajstić information content (AvgIpc) is 3.19. The first-order valence-electron chi connectivity index (χ1n) is 8.09. The Morgan fingerprint density at radius 1 is 1.24 bits per heavy atom. The van der Waals surface area contributed by atoms with Crippen molar-refractivity contribution in [3.8, 4) is 0 Å². The third-order valence-corrected chi connectivity index (χ3v) is 4.92. The van der Waals surface area contributed by atoms with Crippen LogP contribution in [-0.2, 0) is 14.3 Å². The van der Waals surface area contributed by atoms with Crippen LogP contribution in [0.2, 0.25) is 0 Å². The van der Waals surface area contributed by atoms with E-state index < -0.39 is 6.04 Å². The van der Waals surface area contributed by atoms with Crippen molar-refractivity contribution in [2.24, 2.45) is 17.6 Å². The molecule has 3 rings (SSSR count). The minimum absolute atomic E-state index is 0.00988. The number of carbonyl (C=O) groups is 2. The summed E-state index contributed by atoms with van der Waals surface area (Å²) < 4.78 is 5.42. The Balaban J connectivity index is 1.67. The van der Waals surface area contributed by atoms with Gasteiger partial charge in [-0.1, -0.05) is 6.42 Å². The van der Waals surface area contributed by atoms with Crippen LogP contribution in [0.5, 0.6) is 0 Å². The summed E-state index contributed by atoms with van der Waals surface area (Å²) >= 11 is 0. The molecule has 3 aliphatic rings. The number of rotatable bonds is 4. The molecule has 1 heterocycles. The van der Waals surface area contributed by atoms with Gasteiger partial charge in [0.1, 0.15) is 6.04 Å². The number of nitrogens with two attached hydrogens (primary N) is 1. The molecule has 0 radical (unpaired) electrons. The third kappa shape index (κ3) is 3.21. The molecule has 3 N–H and O–H groups in total. The normalized spacial score (nSPS) is 33.0. The van der Waals surface area contributed by atoms with Crippen LogP contribution >= 0.6 is 0 Å². The van der Waals surface area contributed by atoms with Gasteiger partial charge in [0.05, 0.1) is 13.2 Å². The van der Waals surface area contributed by atoms with Gasteiger partial charge in [-0.15, -0.1) is 0 Å². The van der Waals surface area contributed by atoms with E-state index in [0.29, 0.717) is 32.3 Å². The lowest BCUT2D eigenvalue weighted by Crippen LogP contribution is -2.57. The molecule has 3 fully saturated rings. The van der Waals surface area contributed by atoms with Crippen LogP contribution < -0.4 is 11.1 Å². The number of hydrogen-bond acceptors (Lipinski definition) is 4. The average molecular weight is 295 g/mol. The van der Waals surface area contributed by atoms with Gasteiger partial charge in [0.2, 0.25) is 11.8 Å². The maximum atomic E-state index is 12.8. The molecule has 1 saturated heterocycles. The van der Waals surface area contributed by atoms with E-state index in [4.69, 9.17) is 10.5 Å². The fourth-order valence-electron chi connectivity index (χ4n) is 3.47. The zero-order valence-corrected chi connectivity index (χ0v) is 12.4. The Morgan fingerprint density at radius 2 is 2.05 bits per heavy atom. The van der Waals surface area contributed by atoms with Crippen molar-refractivity contribution in [1.82, 2.24) is 10.2 Å². The Bertz CT molecular complexity index is 411. The van der Waals surface area contributed by atoms with E-state index in [-0.39, 0.29) is 23.7 Å². The molecule has 2 saturated carbocycles. The summed E-state index contributed by atoms with van der Waals surface area (Å²) in [6.07, 6.45) is 5.07. The summed E-state index contributed by atoms with van der Waals surface area (Å²) in [6, 6.07) is -0.162. The van der Waals surface area contributed by atoms with E-state index in [1.807, 2.05) is 0 Å². The highest BCUT2D eigenvalue weighted by Gasteiger charge is 2.41. The maximum absolute atomic E-state index is 12.8. The molecule has 0 aromatic heterocycles. The summed E-state index contributed by atoms with van der Waals surface area (Å²) in [7, 11) is 0. The second-order valence-electron chi connectivity index (χ2n) is 6.44. The molecule has 6 nitrogen and oxygen atoms in total. The molecule has 0 bridgehead atoms. The van der Waals surface area contributed by atoms with Crippen LogP contribution in [0.15, 0.2) is 0 Å². The highest BCUT2D eigenvalue weighted by Crippen LogP contribution is 2.33. The number of morpholine rings is 1. The number of nitrogens with one attached hydrogen (secondary N) is 1. The van der Waals surface area contributed by atoms with Crippen molar-refractivity contribution in [2.75, 3.05) is 26.3 Å². The predicted molar refractivity (Wildman–Crippen MR) is 77.4 cm³/mol. The SMILES string of the molecule is NCC1CCCC1C(=O)N1CCOCC1C(=O)NC1CC1. The van der Waals surface area contributed by atoms with Crippen molar-refractivity contribution in [2.45, 2.75) is 44.2 Å². The number of carbonyl (C=O) groups excluding carboxylic acids is 2. The molecular formula is C15H25N3O3. The van der Waals surface area contributed by atoms with E-state index in [2.05, 4.69) is 5.32 Å². The van der Waals surface area contributed by atoms with Crippen molar-refractivity contribution in [1.29, 1.82) is 0 Å². The summed E-state index contributed by atoms with van der Waals surface area (Å²) in [4.78, 5) is 26.9. The standard InChI is InChI=1S/C15H25N3O3/c16-8-10-2-1-3-12(10)15(20)18-6-7-21-9-13(18)14(19)17-11-4-5-11/h10-13H,1-9,16H2,(H,17,19). The highest BCUT2D eigenvalue weighted by molar-refractivity contribution is 5.89. The van der Waals surface area contributed by atoms with Crippen molar-refractivity contribution < 1.29 is 14.3 Å². The molecule has 0 aromatic carbocycles. The van der Waals surface area contributed by atoms with Crippen molar-refractivity contribution in [3.63, 3.8) is 0 Å². The number of nitrogens with zero attached hydrogens (tertiary/aromatic N) is 1. The fourth-order valence-corrected chi connectivity index (χ4v) is 3.47. The smallest absolute Gasteiger partial charge is 0.245 e. The number of hydrogen-bond donors (Lipinski definition) is 2. The van der Waals surface area contributed by atoms with Crippen LogP contribution in [0.3, 0.4) is 0 Å². The largest absolute Gasteiger partial charge is 0.377 e. The minimum atomic E-state index is -0.467. The quantitative estimate of drug-likeness (QED) is 0.756. The van der Waals surface area contributed by atoms with E-state index in [1.54, 1.807) is 4.90 Å². The second-order valence-corrected chi connectivity index (χ2v) is 6.44. The van der Waals surface area contributed by atoms with Gasteiger partial charge < -0.3 is 20.7 Å². The van der Waals surface area contributed by atoms with Crippen LogP contribution in [0.25, 0.3) is 0 Å². The third-order valence-electron chi connectivity index (χ3n) is 4.92. The summed E-state index contributed by atoms with van der Waals surface area (Å²) in [6.45, 7) is 1.89. The molecule has 6 heteroatoms. The molecule has 21 heavy (non-hydrogen) atoms. The van der Waals surface area contributed by atoms with Gasteiger partial charge in [0.25, 0.3) is 0 Å². The van der Waals surface area contributed by atoms with Gasteiger partial charge in [-0.3, -0.25) is 9.59 Å². The second kappa shape index (κ2) is 6.32. The molecule has 0 aromatic rings. The molecule has 118 valence electrons. The van der Waals surface area contributed by atoms with Crippen LogP contribution in [0.1, 0.15) is 32.1 Å². The van der Waals surface area contributed by atoms with E-state index in [1.165, 1.54) is 0 Å². The first kappa shape index (κ1) is 14.8. The predicted octanol–water partition coefficient (Wildman–Crippen LogP) is -0.133. The molecule has 0 spiro atoms. The molecular weight excluding hydrogens is 270 g/mol. The van der Waals surface area contributed by atoms with Crippen LogP contribution in [0, 0.1) is 11.8 Å². The fraction of sp³-hybridized carbons (Fsp3) is 0.867. The lowest BCUT2D eigenvalue weighted by molar-refractivity contribution is -0.152. The van der Waals surface area contributed by atoms with Gasteiger partial charge in [-0.05, 0) is 38.1 Å². The Morgan fingerprint density at radius 3 is 2.76 bits per heavy atom. The molecule has 2 amide bonds. The lowest BCUT2D eigenvalue weighted by atomic mass is 9.94. The van der Waals surface area contributed by atoms with Gasteiger partial charge >= 0.3 is 0 Å². The first-order chi connectivity index (χ1) is 10.2. The Labute approximate surface area is 125 Å². The monoisotopic (exact) mass is 295 g/mol. The number of amides is 2. The number of ether oxygens (including phenoxy) is 1. The van der Waals surface area contributed by atoms with Crippen molar-refractivity contribution >= 4 is 11.8 Å². The zero-order valence-electron chi connectivity index (χ0n) is 12.4. The summed E-state index contributed by atoms with van der Waals surface area (Å²) in [5.74, 6) is 0.298. The van der Waals surface area contributed by atoms with E-state index in [0.717, 1.165) is 32.1 Å². The van der Waals surface area contributed by atoms with Crippen LogP contribution in [-0.4, -0.2) is 55.1 Å². The molecule has 2 aliphatic carbocycles. The van der Waals surface area contributed by atoms with E-state index in [9.17, 15) is 9.59 Å². The minimum Gasteiger partial charge on any atom is -0.377 e. The van der Waals surface area contributed by atoms with E-state index >= 15 is 0 Å². The maximum Gasteiger partial charge on any atom is 0.245 e. The van der Waals surface area contributed by atoms with Gasteiger partial charge in [-0.2, -0.15) is 0 Å². The summed E-state index contributed by atoms with van der Waals surface area (Å²) in [5, 5.41) is 2.99. The van der Waals surface area contributed by atoms with Crippen molar-refractivity contribution in [3.05, 3.63) is 0 Å². The zero-order chi connectivity index (χ0) is 14.8. The van der Waals surface area contributed by atoms with Crippen LogP contribution in [0.4, 0.5) is 0 Å². The molecule has 1 aliphatic heterocycles. The molecule has 3 unspecified atom stereocenters. The lowest BCUT2D eigenvalue weighted by Gasteiger charge is -2.37. The first-order valence-corrected chi connectivity index (χ1v) is 8.09. The molecule has 3 atom stereocenters. The highest BCUT2D eigenvalue weighted by atomic mass is 16.5. The van der Waals surface area contributed by atoms with Gasteiger partial charge in [-0.25, -0.2) is 0 Å².